The normalized spacial score (nSPS) is 19.4. The molecule has 0 saturated heterocycles. The smallest absolute Gasteiger partial charge is 0.306 e. The van der Waals surface area contributed by atoms with Crippen molar-refractivity contribution in [3.05, 3.63) is 59.5 Å². The first-order chi connectivity index (χ1) is 12.9. The molecule has 1 fully saturated rings. The quantitative estimate of drug-likeness (QED) is 0.668. The van der Waals surface area contributed by atoms with Crippen LogP contribution in [0, 0.1) is 11.7 Å². The first-order valence-corrected chi connectivity index (χ1v) is 9.22. The molecule has 4 nitrogen and oxygen atoms in total. The standard InChI is InChI=1S/C22H22FNO3/c1-12(2)21-20(13-9-14(10-13)22(26)27)18-11-17(25)7-8-19(18)24(21)16-5-3-15(23)4-6-16/h3-8,11-14,25H,9-10H2,1-2H3,(H,26,27). The molecule has 5 heteroatoms. The van der Waals surface area contributed by atoms with E-state index in [0.717, 1.165) is 27.8 Å². The summed E-state index contributed by atoms with van der Waals surface area (Å²) in [5, 5.41) is 20.3. The van der Waals surface area contributed by atoms with Gasteiger partial charge in [0.15, 0.2) is 0 Å². The van der Waals surface area contributed by atoms with Gasteiger partial charge in [-0.15, -0.1) is 0 Å². The fourth-order valence-corrected chi connectivity index (χ4v) is 4.24. The fourth-order valence-electron chi connectivity index (χ4n) is 4.24. The SMILES string of the molecule is CC(C)c1c(C2CC(C(=O)O)C2)c2cc(O)ccc2n1-c1ccc(F)cc1. The van der Waals surface area contributed by atoms with Gasteiger partial charge >= 0.3 is 5.97 Å². The molecule has 0 atom stereocenters. The van der Waals surface area contributed by atoms with E-state index in [9.17, 15) is 19.4 Å². The summed E-state index contributed by atoms with van der Waals surface area (Å²) >= 11 is 0. The van der Waals surface area contributed by atoms with Crippen LogP contribution in [0.5, 0.6) is 5.75 Å². The van der Waals surface area contributed by atoms with E-state index in [2.05, 4.69) is 18.4 Å². The maximum Gasteiger partial charge on any atom is 0.306 e. The summed E-state index contributed by atoms with van der Waals surface area (Å²) in [6, 6.07) is 11.7. The van der Waals surface area contributed by atoms with E-state index in [0.29, 0.717) is 12.8 Å². The van der Waals surface area contributed by atoms with E-state index in [-0.39, 0.29) is 29.3 Å². The number of aliphatic carboxylic acids is 1. The number of phenols is 1. The van der Waals surface area contributed by atoms with Crippen molar-refractivity contribution in [1.29, 1.82) is 0 Å². The van der Waals surface area contributed by atoms with E-state index in [1.54, 1.807) is 24.3 Å². The third-order valence-electron chi connectivity index (χ3n) is 5.56. The Hall–Kier alpha value is -2.82. The highest BCUT2D eigenvalue weighted by molar-refractivity contribution is 5.90. The van der Waals surface area contributed by atoms with Crippen molar-refractivity contribution >= 4 is 16.9 Å². The Balaban J connectivity index is 1.96. The summed E-state index contributed by atoms with van der Waals surface area (Å²) in [5.74, 6) is -0.830. The van der Waals surface area contributed by atoms with Crippen molar-refractivity contribution in [3.8, 4) is 11.4 Å². The Morgan fingerprint density at radius 1 is 1.15 bits per heavy atom. The molecule has 1 heterocycles. The molecule has 0 aliphatic heterocycles. The zero-order valence-electron chi connectivity index (χ0n) is 15.3. The van der Waals surface area contributed by atoms with E-state index >= 15 is 0 Å². The number of hydrogen-bond donors (Lipinski definition) is 2. The largest absolute Gasteiger partial charge is 0.508 e. The number of halogens is 1. The van der Waals surface area contributed by atoms with Crippen LogP contribution in [0.3, 0.4) is 0 Å². The highest BCUT2D eigenvalue weighted by Gasteiger charge is 2.39. The van der Waals surface area contributed by atoms with Crippen LogP contribution in [0.2, 0.25) is 0 Å². The number of rotatable bonds is 4. The van der Waals surface area contributed by atoms with Crippen molar-refractivity contribution in [1.82, 2.24) is 4.57 Å². The van der Waals surface area contributed by atoms with Gasteiger partial charge in [0.25, 0.3) is 0 Å². The topological polar surface area (TPSA) is 62.5 Å². The number of carboxylic acids is 1. The van der Waals surface area contributed by atoms with Gasteiger partial charge in [0.2, 0.25) is 0 Å². The maximum atomic E-state index is 13.4. The molecule has 1 saturated carbocycles. The lowest BCUT2D eigenvalue weighted by Gasteiger charge is -2.34. The number of carboxylic acid groups (broad SMARTS) is 1. The molecule has 0 radical (unpaired) electrons. The zero-order chi connectivity index (χ0) is 19.3. The Kier molecular flexibility index (Phi) is 4.17. The molecular formula is C22H22FNO3. The molecule has 1 aliphatic rings. The minimum atomic E-state index is -0.748. The summed E-state index contributed by atoms with van der Waals surface area (Å²) in [4.78, 5) is 11.3. The average Bonchev–Trinajstić information content (AvgIpc) is 2.88. The second kappa shape index (κ2) is 6.41. The number of nitrogens with zero attached hydrogens (tertiary/aromatic N) is 1. The predicted octanol–water partition coefficient (Wildman–Crippen LogP) is 5.18. The second-order valence-electron chi connectivity index (χ2n) is 7.67. The van der Waals surface area contributed by atoms with Gasteiger partial charge in [-0.1, -0.05) is 13.8 Å². The van der Waals surface area contributed by atoms with E-state index in [1.807, 2.05) is 6.07 Å². The molecular weight excluding hydrogens is 345 g/mol. The molecule has 0 amide bonds. The van der Waals surface area contributed by atoms with Crippen LogP contribution in [0.4, 0.5) is 4.39 Å². The lowest BCUT2D eigenvalue weighted by Crippen LogP contribution is -2.29. The van der Waals surface area contributed by atoms with Crippen molar-refractivity contribution < 1.29 is 19.4 Å². The summed E-state index contributed by atoms with van der Waals surface area (Å²) in [5.41, 5.74) is 4.00. The van der Waals surface area contributed by atoms with Crippen LogP contribution in [0.15, 0.2) is 42.5 Å². The average molecular weight is 367 g/mol. The van der Waals surface area contributed by atoms with Crippen LogP contribution >= 0.6 is 0 Å². The van der Waals surface area contributed by atoms with Gasteiger partial charge in [-0.25, -0.2) is 4.39 Å². The zero-order valence-corrected chi connectivity index (χ0v) is 15.3. The summed E-state index contributed by atoms with van der Waals surface area (Å²) in [7, 11) is 0. The molecule has 1 aliphatic carbocycles. The van der Waals surface area contributed by atoms with Gasteiger partial charge in [0.05, 0.1) is 11.4 Å². The number of hydrogen-bond acceptors (Lipinski definition) is 2. The molecule has 0 unspecified atom stereocenters. The number of fused-ring (bicyclic) bond motifs is 1. The number of aromatic hydroxyl groups is 1. The maximum absolute atomic E-state index is 13.4. The molecule has 1 aromatic heterocycles. The van der Waals surface area contributed by atoms with Crippen molar-refractivity contribution in [2.75, 3.05) is 0 Å². The minimum Gasteiger partial charge on any atom is -0.508 e. The van der Waals surface area contributed by atoms with Crippen molar-refractivity contribution in [2.45, 2.75) is 38.5 Å². The summed E-state index contributed by atoms with van der Waals surface area (Å²) < 4.78 is 15.6. The van der Waals surface area contributed by atoms with Gasteiger partial charge < -0.3 is 14.8 Å². The molecule has 140 valence electrons. The van der Waals surface area contributed by atoms with Gasteiger partial charge in [-0.05, 0) is 72.7 Å². The molecule has 4 rings (SSSR count). The predicted molar refractivity (Wildman–Crippen MR) is 102 cm³/mol. The minimum absolute atomic E-state index is 0.148. The Morgan fingerprint density at radius 2 is 1.81 bits per heavy atom. The number of phenolic OH excluding ortho intramolecular Hbond substituents is 1. The van der Waals surface area contributed by atoms with Gasteiger partial charge in [0.1, 0.15) is 11.6 Å². The van der Waals surface area contributed by atoms with Crippen molar-refractivity contribution in [3.63, 3.8) is 0 Å². The Labute approximate surface area is 156 Å². The monoisotopic (exact) mass is 367 g/mol. The van der Waals surface area contributed by atoms with Crippen molar-refractivity contribution in [2.24, 2.45) is 5.92 Å². The van der Waals surface area contributed by atoms with Crippen LogP contribution in [0.1, 0.15) is 49.8 Å². The molecule has 2 N–H and O–H groups in total. The van der Waals surface area contributed by atoms with E-state index in [4.69, 9.17) is 0 Å². The highest BCUT2D eigenvalue weighted by atomic mass is 19.1. The highest BCUT2D eigenvalue weighted by Crippen LogP contribution is 2.49. The van der Waals surface area contributed by atoms with Gasteiger partial charge in [-0.3, -0.25) is 4.79 Å². The Morgan fingerprint density at radius 3 is 2.41 bits per heavy atom. The molecule has 3 aromatic rings. The third kappa shape index (κ3) is 2.87. The molecule has 0 bridgehead atoms. The lowest BCUT2D eigenvalue weighted by atomic mass is 9.70. The molecule has 0 spiro atoms. The third-order valence-corrected chi connectivity index (χ3v) is 5.56. The number of benzene rings is 2. The molecule has 27 heavy (non-hydrogen) atoms. The number of carbonyl (C=O) groups is 1. The first kappa shape index (κ1) is 17.6. The van der Waals surface area contributed by atoms with Crippen LogP contribution in [-0.4, -0.2) is 20.7 Å². The van der Waals surface area contributed by atoms with Gasteiger partial charge in [-0.2, -0.15) is 0 Å². The summed E-state index contributed by atoms with van der Waals surface area (Å²) in [6.45, 7) is 4.20. The number of aromatic nitrogens is 1. The first-order valence-electron chi connectivity index (χ1n) is 9.22. The van der Waals surface area contributed by atoms with E-state index < -0.39 is 5.97 Å². The van der Waals surface area contributed by atoms with E-state index in [1.165, 1.54) is 12.1 Å². The van der Waals surface area contributed by atoms with Crippen LogP contribution in [-0.2, 0) is 4.79 Å². The fraction of sp³-hybridized carbons (Fsp3) is 0.318. The van der Waals surface area contributed by atoms with Crippen LogP contribution < -0.4 is 0 Å². The van der Waals surface area contributed by atoms with Gasteiger partial charge in [0, 0.05) is 16.8 Å². The Bertz CT molecular complexity index is 1010. The second-order valence-corrected chi connectivity index (χ2v) is 7.67. The summed E-state index contributed by atoms with van der Waals surface area (Å²) in [6.07, 6.45) is 1.21. The molecule has 2 aromatic carbocycles. The lowest BCUT2D eigenvalue weighted by molar-refractivity contribution is -0.145. The van der Waals surface area contributed by atoms with Crippen LogP contribution in [0.25, 0.3) is 16.6 Å².